The SMILES string of the molecule is Cc1nn(CCC(=O)Nc2ccc([N+](=O)[O-])cc2)cc1I. The summed E-state index contributed by atoms with van der Waals surface area (Å²) in [5.41, 5.74) is 1.47. The van der Waals surface area contributed by atoms with Crippen molar-refractivity contribution in [3.05, 3.63) is 49.8 Å². The quantitative estimate of drug-likeness (QED) is 0.475. The van der Waals surface area contributed by atoms with Crippen molar-refractivity contribution in [3.63, 3.8) is 0 Å². The van der Waals surface area contributed by atoms with Crippen molar-refractivity contribution in [2.75, 3.05) is 5.32 Å². The lowest BCUT2D eigenvalue weighted by Crippen LogP contribution is -2.14. The van der Waals surface area contributed by atoms with Crippen molar-refractivity contribution in [1.29, 1.82) is 0 Å². The van der Waals surface area contributed by atoms with Gasteiger partial charge in [-0.3, -0.25) is 19.6 Å². The van der Waals surface area contributed by atoms with Crippen LogP contribution in [-0.2, 0) is 11.3 Å². The third-order valence-corrected chi connectivity index (χ3v) is 3.88. The van der Waals surface area contributed by atoms with Crippen LogP contribution < -0.4 is 5.32 Å². The number of rotatable bonds is 5. The zero-order chi connectivity index (χ0) is 15.4. The normalized spacial score (nSPS) is 10.4. The van der Waals surface area contributed by atoms with Gasteiger partial charge < -0.3 is 5.32 Å². The van der Waals surface area contributed by atoms with E-state index in [4.69, 9.17) is 0 Å². The van der Waals surface area contributed by atoms with Gasteiger partial charge in [0.15, 0.2) is 0 Å². The molecule has 7 nitrogen and oxygen atoms in total. The van der Waals surface area contributed by atoms with Gasteiger partial charge in [-0.1, -0.05) is 0 Å². The Labute approximate surface area is 134 Å². The maximum absolute atomic E-state index is 11.8. The molecule has 1 aromatic heterocycles. The molecular weight excluding hydrogens is 387 g/mol. The highest BCUT2D eigenvalue weighted by Crippen LogP contribution is 2.15. The number of carbonyl (C=O) groups is 1. The molecule has 2 rings (SSSR count). The highest BCUT2D eigenvalue weighted by molar-refractivity contribution is 14.1. The first-order valence-corrected chi connectivity index (χ1v) is 7.27. The Hall–Kier alpha value is -1.97. The lowest BCUT2D eigenvalue weighted by molar-refractivity contribution is -0.384. The Kier molecular flexibility index (Phi) is 4.89. The zero-order valence-corrected chi connectivity index (χ0v) is 13.4. The van der Waals surface area contributed by atoms with Crippen LogP contribution in [0, 0.1) is 20.6 Å². The van der Waals surface area contributed by atoms with Crippen LogP contribution in [0.3, 0.4) is 0 Å². The highest BCUT2D eigenvalue weighted by Gasteiger charge is 2.08. The van der Waals surface area contributed by atoms with Crippen molar-refractivity contribution in [1.82, 2.24) is 9.78 Å². The van der Waals surface area contributed by atoms with E-state index in [-0.39, 0.29) is 18.0 Å². The van der Waals surface area contributed by atoms with E-state index in [1.54, 1.807) is 4.68 Å². The largest absolute Gasteiger partial charge is 0.326 e. The van der Waals surface area contributed by atoms with Gasteiger partial charge in [0.25, 0.3) is 5.69 Å². The summed E-state index contributed by atoms with van der Waals surface area (Å²) in [7, 11) is 0. The standard InChI is InChI=1S/C13H13IN4O3/c1-9-12(14)8-17(16-9)7-6-13(19)15-10-2-4-11(5-3-10)18(20)21/h2-5,8H,6-7H2,1H3,(H,15,19). The van der Waals surface area contributed by atoms with Gasteiger partial charge in [-0.05, 0) is 41.6 Å². The van der Waals surface area contributed by atoms with Crippen molar-refractivity contribution >= 4 is 39.9 Å². The average Bonchev–Trinajstić information content (AvgIpc) is 2.76. The molecule has 0 aliphatic carbocycles. The molecule has 0 bridgehead atoms. The maximum Gasteiger partial charge on any atom is 0.269 e. The molecule has 1 amide bonds. The molecule has 2 aromatic rings. The fraction of sp³-hybridized carbons (Fsp3) is 0.231. The zero-order valence-electron chi connectivity index (χ0n) is 11.2. The minimum absolute atomic E-state index is 0.00501. The van der Waals surface area contributed by atoms with Gasteiger partial charge >= 0.3 is 0 Å². The molecule has 1 heterocycles. The molecule has 0 aliphatic rings. The Morgan fingerprint density at radius 2 is 2.10 bits per heavy atom. The summed E-state index contributed by atoms with van der Waals surface area (Å²) in [5.74, 6) is -0.160. The Bertz CT molecular complexity index is 647. The molecule has 0 aliphatic heterocycles. The van der Waals surface area contributed by atoms with Gasteiger partial charge in [-0.2, -0.15) is 5.10 Å². The van der Waals surface area contributed by atoms with Crippen LogP contribution in [0.25, 0.3) is 0 Å². The molecule has 1 N–H and O–H groups in total. The summed E-state index contributed by atoms with van der Waals surface area (Å²) in [4.78, 5) is 21.9. The van der Waals surface area contributed by atoms with E-state index in [1.807, 2.05) is 13.1 Å². The van der Waals surface area contributed by atoms with Gasteiger partial charge in [0.05, 0.1) is 14.2 Å². The number of anilines is 1. The van der Waals surface area contributed by atoms with Crippen LogP contribution >= 0.6 is 22.6 Å². The number of hydrogen-bond donors (Lipinski definition) is 1. The van der Waals surface area contributed by atoms with Crippen molar-refractivity contribution in [3.8, 4) is 0 Å². The Morgan fingerprint density at radius 3 is 2.62 bits per heavy atom. The van der Waals surface area contributed by atoms with Gasteiger partial charge in [-0.15, -0.1) is 0 Å². The number of nitro groups is 1. The van der Waals surface area contributed by atoms with Crippen LogP contribution in [0.2, 0.25) is 0 Å². The molecule has 0 unspecified atom stereocenters. The van der Waals surface area contributed by atoms with E-state index < -0.39 is 4.92 Å². The number of amides is 1. The van der Waals surface area contributed by atoms with Gasteiger partial charge in [0.1, 0.15) is 0 Å². The van der Waals surface area contributed by atoms with Crippen LogP contribution in [0.1, 0.15) is 12.1 Å². The smallest absolute Gasteiger partial charge is 0.269 e. The van der Waals surface area contributed by atoms with Gasteiger partial charge in [0, 0.05) is 37.0 Å². The number of hydrogen-bond acceptors (Lipinski definition) is 4. The van der Waals surface area contributed by atoms with E-state index in [2.05, 4.69) is 33.0 Å². The summed E-state index contributed by atoms with van der Waals surface area (Å²) >= 11 is 2.19. The van der Waals surface area contributed by atoms with Crippen molar-refractivity contribution < 1.29 is 9.72 Å². The lowest BCUT2D eigenvalue weighted by atomic mass is 10.2. The molecule has 0 saturated carbocycles. The van der Waals surface area contributed by atoms with E-state index in [9.17, 15) is 14.9 Å². The summed E-state index contributed by atoms with van der Waals surface area (Å²) in [6.45, 7) is 2.40. The van der Waals surface area contributed by atoms with Gasteiger partial charge in [0.2, 0.25) is 5.91 Å². The van der Waals surface area contributed by atoms with Crippen LogP contribution in [-0.4, -0.2) is 20.6 Å². The first-order chi connectivity index (χ1) is 9.95. The number of aromatic nitrogens is 2. The monoisotopic (exact) mass is 400 g/mol. The number of benzene rings is 1. The summed E-state index contributed by atoms with van der Waals surface area (Å²) < 4.78 is 2.79. The van der Waals surface area contributed by atoms with Gasteiger partial charge in [-0.25, -0.2) is 0 Å². The fourth-order valence-corrected chi connectivity index (χ4v) is 2.14. The number of nitrogens with zero attached hydrogens (tertiary/aromatic N) is 3. The predicted molar refractivity (Wildman–Crippen MR) is 86.0 cm³/mol. The van der Waals surface area contributed by atoms with Crippen LogP contribution in [0.5, 0.6) is 0 Å². The number of non-ortho nitro benzene ring substituents is 1. The number of carbonyl (C=O) groups excluding carboxylic acids is 1. The van der Waals surface area contributed by atoms with Crippen molar-refractivity contribution in [2.24, 2.45) is 0 Å². The summed E-state index contributed by atoms with van der Waals surface area (Å²) in [6.07, 6.45) is 2.17. The second-order valence-corrected chi connectivity index (χ2v) is 5.59. The van der Waals surface area contributed by atoms with Crippen LogP contribution in [0.4, 0.5) is 11.4 Å². The molecule has 0 atom stereocenters. The number of aryl methyl sites for hydroxylation is 2. The summed E-state index contributed by atoms with van der Waals surface area (Å²) in [5, 5.41) is 17.5. The van der Waals surface area contributed by atoms with Crippen LogP contribution in [0.15, 0.2) is 30.5 Å². The highest BCUT2D eigenvalue weighted by atomic mass is 127. The second kappa shape index (κ2) is 6.66. The van der Waals surface area contributed by atoms with E-state index >= 15 is 0 Å². The fourth-order valence-electron chi connectivity index (χ4n) is 1.71. The molecule has 0 radical (unpaired) electrons. The molecule has 1 aromatic carbocycles. The molecule has 8 heteroatoms. The predicted octanol–water partition coefficient (Wildman–Crippen LogP) is 2.73. The molecule has 110 valence electrons. The number of nitrogens with one attached hydrogen (secondary N) is 1. The molecule has 0 spiro atoms. The Morgan fingerprint density at radius 1 is 1.43 bits per heavy atom. The summed E-state index contributed by atoms with van der Waals surface area (Å²) in [6, 6.07) is 5.73. The third-order valence-electron chi connectivity index (χ3n) is 2.82. The first-order valence-electron chi connectivity index (χ1n) is 6.19. The maximum atomic E-state index is 11.8. The number of nitro benzene ring substituents is 1. The topological polar surface area (TPSA) is 90.1 Å². The first kappa shape index (κ1) is 15.4. The minimum Gasteiger partial charge on any atom is -0.326 e. The molecular formula is C13H13IN4O3. The number of halogens is 1. The molecule has 0 fully saturated rings. The molecule has 0 saturated heterocycles. The molecule has 21 heavy (non-hydrogen) atoms. The Balaban J connectivity index is 1.88. The second-order valence-electron chi connectivity index (χ2n) is 4.43. The lowest BCUT2D eigenvalue weighted by Gasteiger charge is -2.05. The van der Waals surface area contributed by atoms with E-state index in [0.29, 0.717) is 12.2 Å². The average molecular weight is 400 g/mol. The van der Waals surface area contributed by atoms with Crippen molar-refractivity contribution in [2.45, 2.75) is 19.9 Å². The van der Waals surface area contributed by atoms with E-state index in [1.165, 1.54) is 24.3 Å². The minimum atomic E-state index is -0.479. The van der Waals surface area contributed by atoms with E-state index in [0.717, 1.165) is 9.26 Å². The third kappa shape index (κ3) is 4.25.